The molecule has 11 atom stereocenters. The maximum atomic E-state index is 15.0. The molecule has 2 aromatic rings. The van der Waals surface area contributed by atoms with Crippen LogP contribution in [-0.4, -0.2) is 89.9 Å². The molecule has 2 aromatic carbocycles. The Balaban J connectivity index is 1.82. The zero-order valence-electron chi connectivity index (χ0n) is 32.7. The van der Waals surface area contributed by atoms with Crippen molar-refractivity contribution in [3.63, 3.8) is 0 Å². The van der Waals surface area contributed by atoms with E-state index in [1.165, 1.54) is 24.3 Å². The summed E-state index contributed by atoms with van der Waals surface area (Å²) in [7, 11) is 0. The van der Waals surface area contributed by atoms with E-state index in [1.807, 2.05) is 0 Å². The predicted octanol–water partition coefficient (Wildman–Crippen LogP) is 4.76. The highest BCUT2D eigenvalue weighted by Crippen LogP contribution is 2.54. The van der Waals surface area contributed by atoms with Gasteiger partial charge in [0.15, 0.2) is 29.7 Å². The molecule has 300 valence electrons. The van der Waals surface area contributed by atoms with Crippen LogP contribution in [0.2, 0.25) is 0 Å². The van der Waals surface area contributed by atoms with Crippen LogP contribution in [0.4, 0.5) is 0 Å². The summed E-state index contributed by atoms with van der Waals surface area (Å²) in [5, 5.41) is 0. The van der Waals surface area contributed by atoms with Crippen LogP contribution >= 0.6 is 0 Å². The number of epoxide rings is 1. The van der Waals surface area contributed by atoms with E-state index < -0.39 is 113 Å². The summed E-state index contributed by atoms with van der Waals surface area (Å²) < 4.78 is 42.5. The fourth-order valence-corrected chi connectivity index (χ4v) is 8.33. The number of fused-ring (bicyclic) bond motifs is 2. The Kier molecular flexibility index (Phi) is 12.2. The Bertz CT molecular complexity index is 1870. The minimum absolute atomic E-state index is 0.0986. The van der Waals surface area contributed by atoms with Gasteiger partial charge in [-0.1, -0.05) is 70.7 Å². The summed E-state index contributed by atoms with van der Waals surface area (Å²) in [5.41, 5.74) is -3.42. The van der Waals surface area contributed by atoms with Gasteiger partial charge in [0.1, 0.15) is 12.2 Å². The van der Waals surface area contributed by atoms with Gasteiger partial charge in [0, 0.05) is 51.0 Å². The largest absolute Gasteiger partial charge is 0.462 e. The SMILES string of the molecule is C=C1[C@H](OC(C)=O)[C@@H](OC(=O)c2ccccc2)[C@@H](OC(=O)c2ccccc2)C(C)(C)[C@H]2O[C@@H]2[C@@H](C)C(=O)[C@]2(OC(C)=O)C[C@@H](C)[C@H](OC(C)=O)[C@@H]2[C@H]1OC(C)=O. The van der Waals surface area contributed by atoms with E-state index in [0.29, 0.717) is 0 Å². The Morgan fingerprint density at radius 1 is 0.679 bits per heavy atom. The van der Waals surface area contributed by atoms with Crippen LogP contribution in [0.25, 0.3) is 0 Å². The maximum absolute atomic E-state index is 15.0. The molecule has 1 heterocycles. The topological polar surface area (TPSA) is 187 Å². The monoisotopic (exact) mass is 776 g/mol. The molecule has 3 fully saturated rings. The molecule has 14 nitrogen and oxygen atoms in total. The van der Waals surface area contributed by atoms with Crippen molar-refractivity contribution in [3.05, 3.63) is 83.9 Å². The molecule has 0 N–H and O–H groups in total. The number of carbonyl (C=O) groups excluding carboxylic acids is 7. The van der Waals surface area contributed by atoms with Crippen LogP contribution in [0.15, 0.2) is 72.8 Å². The minimum Gasteiger partial charge on any atom is -0.462 e. The molecule has 3 aliphatic rings. The maximum Gasteiger partial charge on any atom is 0.338 e. The zero-order chi connectivity index (χ0) is 41.3. The molecule has 0 aromatic heterocycles. The van der Waals surface area contributed by atoms with Crippen LogP contribution in [0, 0.1) is 23.2 Å². The Morgan fingerprint density at radius 3 is 1.68 bits per heavy atom. The van der Waals surface area contributed by atoms with Gasteiger partial charge in [-0.05, 0) is 30.2 Å². The third kappa shape index (κ3) is 8.40. The molecule has 56 heavy (non-hydrogen) atoms. The number of benzene rings is 2. The zero-order valence-corrected chi connectivity index (χ0v) is 32.7. The molecule has 0 amide bonds. The second kappa shape index (κ2) is 16.4. The summed E-state index contributed by atoms with van der Waals surface area (Å²) in [4.78, 5) is 94.8. The van der Waals surface area contributed by atoms with Crippen molar-refractivity contribution in [2.45, 2.75) is 110 Å². The number of ketones is 1. The van der Waals surface area contributed by atoms with E-state index in [-0.39, 0.29) is 23.1 Å². The van der Waals surface area contributed by atoms with Crippen LogP contribution in [0.5, 0.6) is 0 Å². The smallest absolute Gasteiger partial charge is 0.338 e. The van der Waals surface area contributed by atoms with Crippen molar-refractivity contribution in [1.29, 1.82) is 0 Å². The summed E-state index contributed by atoms with van der Waals surface area (Å²) in [6, 6.07) is 15.9. The van der Waals surface area contributed by atoms with Gasteiger partial charge >= 0.3 is 35.8 Å². The van der Waals surface area contributed by atoms with Crippen LogP contribution in [-0.2, 0) is 57.1 Å². The van der Waals surface area contributed by atoms with Crippen molar-refractivity contribution in [2.75, 3.05) is 0 Å². The van der Waals surface area contributed by atoms with Crippen molar-refractivity contribution >= 4 is 41.6 Å². The highest BCUT2D eigenvalue weighted by atomic mass is 16.6. The molecular weight excluding hydrogens is 728 g/mol. The minimum atomic E-state index is -2.09. The van der Waals surface area contributed by atoms with Gasteiger partial charge in [0.2, 0.25) is 0 Å². The molecule has 2 aliphatic carbocycles. The Morgan fingerprint density at radius 2 is 1.18 bits per heavy atom. The summed E-state index contributed by atoms with van der Waals surface area (Å²) in [6.45, 7) is 15.3. The molecule has 0 spiro atoms. The highest BCUT2D eigenvalue weighted by molar-refractivity contribution is 5.93. The van der Waals surface area contributed by atoms with Gasteiger partial charge in [0.25, 0.3) is 0 Å². The average molecular weight is 777 g/mol. The number of esters is 6. The van der Waals surface area contributed by atoms with Crippen LogP contribution < -0.4 is 0 Å². The van der Waals surface area contributed by atoms with Gasteiger partial charge in [-0.15, -0.1) is 0 Å². The molecule has 0 bridgehead atoms. The Labute approximate surface area is 325 Å². The number of hydrogen-bond donors (Lipinski definition) is 0. The lowest BCUT2D eigenvalue weighted by atomic mass is 9.69. The fourth-order valence-electron chi connectivity index (χ4n) is 8.33. The number of ether oxygens (including phenoxy) is 7. The number of carbonyl (C=O) groups is 7. The van der Waals surface area contributed by atoms with E-state index in [0.717, 1.165) is 27.7 Å². The third-order valence-corrected chi connectivity index (χ3v) is 10.8. The third-order valence-electron chi connectivity index (χ3n) is 10.8. The first-order valence-electron chi connectivity index (χ1n) is 18.4. The lowest BCUT2D eigenvalue weighted by Gasteiger charge is -2.45. The highest BCUT2D eigenvalue weighted by Gasteiger charge is 2.69. The molecule has 2 saturated carbocycles. The first-order chi connectivity index (χ1) is 26.3. The van der Waals surface area contributed by atoms with Gasteiger partial charge in [0.05, 0.1) is 29.3 Å². The van der Waals surface area contributed by atoms with Crippen LogP contribution in [0.3, 0.4) is 0 Å². The number of hydrogen-bond acceptors (Lipinski definition) is 14. The normalized spacial score (nSPS) is 32.1. The molecule has 1 saturated heterocycles. The molecule has 1 aliphatic heterocycles. The van der Waals surface area contributed by atoms with E-state index in [2.05, 4.69) is 6.58 Å². The average Bonchev–Trinajstić information content (AvgIpc) is 3.91. The molecule has 5 rings (SSSR count). The molecule has 14 heteroatoms. The van der Waals surface area contributed by atoms with Crippen LogP contribution in [0.1, 0.15) is 82.5 Å². The van der Waals surface area contributed by atoms with E-state index >= 15 is 4.79 Å². The predicted molar refractivity (Wildman–Crippen MR) is 195 cm³/mol. The Hall–Kier alpha value is -5.37. The first-order valence-corrected chi connectivity index (χ1v) is 18.4. The lowest BCUT2D eigenvalue weighted by molar-refractivity contribution is -0.188. The quantitative estimate of drug-likeness (QED) is 0.155. The lowest BCUT2D eigenvalue weighted by Crippen LogP contribution is -2.60. The van der Waals surface area contributed by atoms with E-state index in [1.54, 1.807) is 64.1 Å². The van der Waals surface area contributed by atoms with Gasteiger partial charge in [-0.3, -0.25) is 24.0 Å². The van der Waals surface area contributed by atoms with Crippen molar-refractivity contribution in [3.8, 4) is 0 Å². The van der Waals surface area contributed by atoms with Gasteiger partial charge in [-0.25, -0.2) is 9.59 Å². The molecule has 0 unspecified atom stereocenters. The second-order valence-electron chi connectivity index (χ2n) is 15.3. The fraction of sp³-hybridized carbons (Fsp3) is 0.500. The van der Waals surface area contributed by atoms with E-state index in [4.69, 9.17) is 33.2 Å². The van der Waals surface area contributed by atoms with Gasteiger partial charge < -0.3 is 33.2 Å². The van der Waals surface area contributed by atoms with Gasteiger partial charge in [-0.2, -0.15) is 0 Å². The summed E-state index contributed by atoms with van der Waals surface area (Å²) in [5.74, 6) is -8.85. The summed E-state index contributed by atoms with van der Waals surface area (Å²) >= 11 is 0. The summed E-state index contributed by atoms with van der Waals surface area (Å²) in [6.07, 6.45) is -9.79. The van der Waals surface area contributed by atoms with Crippen molar-refractivity contribution in [2.24, 2.45) is 23.2 Å². The standard InChI is InChI=1S/C42H48O14/c1-21-20-42(56-27(7)46)30(31(21)50-24(4)43)32(51-25(5)44)22(2)33(52-26(6)45)35(54-39(48)28-16-12-10-13-17-28)38(55-40(49)29-18-14-11-15-19-29)41(8,9)37-34(53-37)23(3)36(42)47/h10-19,21,23,30-35,37-38H,2,20H2,1,3-9H3/t21-,23-,30-,31+,32+,33+,34-,35-,37+,38-,42+/m1/s1. The van der Waals surface area contributed by atoms with Crippen molar-refractivity contribution < 1.29 is 66.7 Å². The number of Topliss-reactive ketones (excluding diaryl/α,β-unsaturated/α-hetero) is 1. The first kappa shape index (κ1) is 41.8. The van der Waals surface area contributed by atoms with E-state index in [9.17, 15) is 28.8 Å². The number of rotatable bonds is 8. The molecule has 0 radical (unpaired) electrons. The molecular formula is C42H48O14. The second-order valence-corrected chi connectivity index (χ2v) is 15.3. The van der Waals surface area contributed by atoms with Crippen molar-refractivity contribution in [1.82, 2.24) is 0 Å².